The number of nitrogens with zero attached hydrogens (tertiary/aromatic N) is 9. The molecule has 48 heavy (non-hydrogen) atoms. The van der Waals surface area contributed by atoms with Crippen LogP contribution in [0.3, 0.4) is 0 Å². The molecule has 1 aromatic carbocycles. The number of aryl methyl sites for hydroxylation is 1. The molecule has 1 atom stereocenters. The summed E-state index contributed by atoms with van der Waals surface area (Å²) in [4.78, 5) is 40.4. The molecule has 13 nitrogen and oxygen atoms in total. The summed E-state index contributed by atoms with van der Waals surface area (Å²) in [6.45, 7) is 6.55. The summed E-state index contributed by atoms with van der Waals surface area (Å²) in [6.07, 6.45) is 3.85. The second-order valence-electron chi connectivity index (χ2n) is 13.4. The molecule has 246 valence electrons. The van der Waals surface area contributed by atoms with Gasteiger partial charge in [0.25, 0.3) is 5.91 Å². The highest BCUT2D eigenvalue weighted by atomic mass is 16.2. The molecule has 1 saturated carbocycles. The van der Waals surface area contributed by atoms with Gasteiger partial charge in [-0.05, 0) is 44.9 Å². The van der Waals surface area contributed by atoms with E-state index in [0.717, 1.165) is 65.6 Å². The largest absolute Gasteiger partial charge is 0.364 e. The van der Waals surface area contributed by atoms with Gasteiger partial charge in [-0.25, -0.2) is 9.97 Å². The van der Waals surface area contributed by atoms with Crippen molar-refractivity contribution < 1.29 is 9.59 Å². The van der Waals surface area contributed by atoms with Gasteiger partial charge >= 0.3 is 0 Å². The van der Waals surface area contributed by atoms with Crippen LogP contribution in [0.15, 0.2) is 54.7 Å². The van der Waals surface area contributed by atoms with E-state index >= 15 is 0 Å². The first kappa shape index (κ1) is 30.1. The van der Waals surface area contributed by atoms with Crippen LogP contribution in [0.4, 0.5) is 23.0 Å². The summed E-state index contributed by atoms with van der Waals surface area (Å²) >= 11 is 0. The van der Waals surface area contributed by atoms with Gasteiger partial charge in [-0.2, -0.15) is 14.7 Å². The average Bonchev–Trinajstić information content (AvgIpc) is 3.70. The van der Waals surface area contributed by atoms with Gasteiger partial charge in [0.2, 0.25) is 5.91 Å². The summed E-state index contributed by atoms with van der Waals surface area (Å²) in [7, 11) is 5.60. The molecule has 2 N–H and O–H groups in total. The minimum atomic E-state index is -0.0917. The van der Waals surface area contributed by atoms with Crippen molar-refractivity contribution in [1.82, 2.24) is 39.2 Å². The zero-order valence-corrected chi connectivity index (χ0v) is 27.8. The summed E-state index contributed by atoms with van der Waals surface area (Å²) in [5, 5.41) is 16.2. The zero-order valence-electron chi connectivity index (χ0n) is 27.8. The summed E-state index contributed by atoms with van der Waals surface area (Å²) in [5.74, 6) is 1.23. The Kier molecular flexibility index (Phi) is 7.17. The Morgan fingerprint density at radius 3 is 2.58 bits per heavy atom. The number of fused-ring (bicyclic) bond motifs is 4. The van der Waals surface area contributed by atoms with Crippen LogP contribution in [0.1, 0.15) is 59.4 Å². The fourth-order valence-electron chi connectivity index (χ4n) is 6.83. The maximum absolute atomic E-state index is 12.6. The number of rotatable bonds is 8. The molecule has 5 aromatic rings. The number of benzene rings is 1. The summed E-state index contributed by atoms with van der Waals surface area (Å²) in [6, 6.07) is 16.0. The van der Waals surface area contributed by atoms with Gasteiger partial charge < -0.3 is 20.4 Å². The molecule has 1 saturated heterocycles. The lowest BCUT2D eigenvalue weighted by molar-refractivity contribution is -0.117. The Morgan fingerprint density at radius 1 is 1.02 bits per heavy atom. The molecule has 8 rings (SSSR count). The molecule has 0 spiro atoms. The van der Waals surface area contributed by atoms with Crippen molar-refractivity contribution in [1.29, 1.82) is 0 Å². The number of likely N-dealkylation sites (tertiary alicyclic amines) is 1. The van der Waals surface area contributed by atoms with Crippen molar-refractivity contribution in [3.8, 4) is 11.1 Å². The molecule has 0 bridgehead atoms. The van der Waals surface area contributed by atoms with Crippen molar-refractivity contribution in [3.05, 3.63) is 77.5 Å². The molecule has 2 amide bonds. The molecule has 6 heterocycles. The molecular formula is C35H39N11O2. The second-order valence-corrected chi connectivity index (χ2v) is 13.4. The number of carbonyl (C=O) groups is 2. The first-order valence-corrected chi connectivity index (χ1v) is 16.4. The SMILES string of the molecule is Cc1cc2nc(NC(=O)C3CC3)cc(Nc3cccc4c3N(C)[C@@H](C)c3c-4cnn3C3CN(Cc4cccc(C(=O)N(C)C)n4)C3)n2n1. The maximum atomic E-state index is 12.6. The third kappa shape index (κ3) is 5.23. The molecule has 1 aliphatic carbocycles. The van der Waals surface area contributed by atoms with Crippen molar-refractivity contribution in [3.63, 3.8) is 0 Å². The Hall–Kier alpha value is -5.30. The van der Waals surface area contributed by atoms with E-state index in [-0.39, 0.29) is 29.8 Å². The number of hydrogen-bond acceptors (Lipinski definition) is 9. The van der Waals surface area contributed by atoms with Gasteiger partial charge in [0, 0.05) is 70.0 Å². The Balaban J connectivity index is 1.05. The Morgan fingerprint density at radius 2 is 1.81 bits per heavy atom. The predicted molar refractivity (Wildman–Crippen MR) is 183 cm³/mol. The zero-order chi connectivity index (χ0) is 33.3. The van der Waals surface area contributed by atoms with Crippen molar-refractivity contribution >= 4 is 40.5 Å². The van der Waals surface area contributed by atoms with E-state index < -0.39 is 0 Å². The average molecular weight is 646 g/mol. The van der Waals surface area contributed by atoms with E-state index in [0.29, 0.717) is 23.7 Å². The minimum Gasteiger partial charge on any atom is -0.364 e. The first-order chi connectivity index (χ1) is 23.1. The number of aromatic nitrogens is 6. The van der Waals surface area contributed by atoms with Crippen LogP contribution >= 0.6 is 0 Å². The number of nitrogens with one attached hydrogen (secondary N) is 2. The monoisotopic (exact) mass is 645 g/mol. The van der Waals surface area contributed by atoms with Gasteiger partial charge in [-0.1, -0.05) is 18.2 Å². The van der Waals surface area contributed by atoms with E-state index in [1.54, 1.807) is 29.6 Å². The second kappa shape index (κ2) is 11.4. The number of carbonyl (C=O) groups excluding carboxylic acids is 2. The lowest BCUT2D eigenvalue weighted by atomic mass is 9.93. The number of amides is 2. The summed E-state index contributed by atoms with van der Waals surface area (Å²) < 4.78 is 3.98. The van der Waals surface area contributed by atoms with Crippen LogP contribution in [0.25, 0.3) is 16.8 Å². The number of pyridine rings is 1. The van der Waals surface area contributed by atoms with Crippen LogP contribution in [0, 0.1) is 12.8 Å². The van der Waals surface area contributed by atoms with Crippen LogP contribution in [-0.2, 0) is 11.3 Å². The normalized spacial score (nSPS) is 17.5. The Labute approximate surface area is 278 Å². The van der Waals surface area contributed by atoms with Gasteiger partial charge in [-0.15, -0.1) is 0 Å². The highest BCUT2D eigenvalue weighted by Gasteiger charge is 2.37. The van der Waals surface area contributed by atoms with Crippen molar-refractivity contribution in [2.75, 3.05) is 49.8 Å². The molecule has 0 unspecified atom stereocenters. The van der Waals surface area contributed by atoms with E-state index in [9.17, 15) is 9.59 Å². The van der Waals surface area contributed by atoms with Crippen molar-refractivity contribution in [2.45, 2.75) is 45.3 Å². The summed E-state index contributed by atoms with van der Waals surface area (Å²) in [5.41, 5.74) is 8.29. The lowest BCUT2D eigenvalue weighted by Crippen LogP contribution is -2.48. The smallest absolute Gasteiger partial charge is 0.271 e. The first-order valence-electron chi connectivity index (χ1n) is 16.4. The highest BCUT2D eigenvalue weighted by Crippen LogP contribution is 2.49. The van der Waals surface area contributed by atoms with E-state index in [4.69, 9.17) is 5.10 Å². The number of para-hydroxylation sites is 1. The lowest BCUT2D eigenvalue weighted by Gasteiger charge is -2.42. The Bertz CT molecular complexity index is 2070. The van der Waals surface area contributed by atoms with E-state index in [2.05, 4.69) is 72.4 Å². The topological polar surface area (TPSA) is 129 Å². The third-order valence-corrected chi connectivity index (χ3v) is 9.60. The molecule has 13 heteroatoms. The molecule has 4 aromatic heterocycles. The quantitative estimate of drug-likeness (QED) is 0.248. The van der Waals surface area contributed by atoms with E-state index in [1.165, 1.54) is 5.69 Å². The minimum absolute atomic E-state index is 0.0150. The van der Waals surface area contributed by atoms with Crippen LogP contribution in [-0.4, -0.2) is 85.2 Å². The standard InChI is InChI=1S/C35H39N11O2/c1-20-14-30-39-29(40-34(47)22-12-13-22)15-31(46(30)41-20)38-27-10-7-9-25-26-16-36-45(32(26)21(2)43(5)33(25)27)24-18-44(19-24)17-23-8-6-11-28(37-23)35(48)42(3)4/h6-11,14-16,21-22,24,38H,12-13,17-19H2,1-5H3,(H,39,40,47)/t21-/m0/s1. The third-order valence-electron chi connectivity index (χ3n) is 9.60. The van der Waals surface area contributed by atoms with Gasteiger partial charge in [0.1, 0.15) is 17.3 Å². The molecule has 3 aliphatic rings. The van der Waals surface area contributed by atoms with Crippen molar-refractivity contribution in [2.24, 2.45) is 5.92 Å². The van der Waals surface area contributed by atoms with Gasteiger partial charge in [0.15, 0.2) is 5.65 Å². The maximum Gasteiger partial charge on any atom is 0.271 e. The molecule has 2 aliphatic heterocycles. The van der Waals surface area contributed by atoms with Gasteiger partial charge in [0.05, 0.1) is 46.7 Å². The van der Waals surface area contributed by atoms with E-state index in [1.807, 2.05) is 37.4 Å². The van der Waals surface area contributed by atoms with Crippen LogP contribution < -0.4 is 15.5 Å². The fraction of sp³-hybridized carbons (Fsp3) is 0.371. The predicted octanol–water partition coefficient (Wildman–Crippen LogP) is 4.66. The number of anilines is 4. The highest BCUT2D eigenvalue weighted by molar-refractivity contribution is 5.95. The molecule has 0 radical (unpaired) electrons. The molecule has 2 fully saturated rings. The van der Waals surface area contributed by atoms with Crippen LogP contribution in [0.5, 0.6) is 0 Å². The fourth-order valence-corrected chi connectivity index (χ4v) is 6.83. The van der Waals surface area contributed by atoms with Gasteiger partial charge in [-0.3, -0.25) is 19.2 Å². The molecular weight excluding hydrogens is 606 g/mol. The van der Waals surface area contributed by atoms with Crippen LogP contribution in [0.2, 0.25) is 0 Å². The number of hydrogen-bond donors (Lipinski definition) is 2.